The zero-order valence-electron chi connectivity index (χ0n) is 14.4. The van der Waals surface area contributed by atoms with Gasteiger partial charge in [0.05, 0.1) is 24.1 Å². The average Bonchev–Trinajstić information content (AvgIpc) is 2.66. The van der Waals surface area contributed by atoms with Crippen molar-refractivity contribution in [3.05, 3.63) is 63.7 Å². The third-order valence-electron chi connectivity index (χ3n) is 4.43. The van der Waals surface area contributed by atoms with Crippen LogP contribution in [0.25, 0.3) is 0 Å². The molecule has 2 aromatic carbocycles. The van der Waals surface area contributed by atoms with Gasteiger partial charge in [-0.1, -0.05) is 24.3 Å². The van der Waals surface area contributed by atoms with Crippen LogP contribution in [0.1, 0.15) is 30.0 Å². The fraction of sp³-hybridized carbons (Fsp3) is 0.316. The van der Waals surface area contributed by atoms with Crippen LogP contribution in [-0.2, 0) is 11.2 Å². The lowest BCUT2D eigenvalue weighted by molar-refractivity contribution is -0.385. The van der Waals surface area contributed by atoms with Crippen LogP contribution in [0.15, 0.2) is 42.5 Å². The molecule has 1 N–H and O–H groups in total. The molecule has 26 heavy (non-hydrogen) atoms. The molecule has 0 radical (unpaired) electrons. The largest absolute Gasteiger partial charge is 0.496 e. The number of hydrogen-bond acceptors (Lipinski definition) is 5. The molecular formula is C19H20N2O5. The van der Waals surface area contributed by atoms with Crippen molar-refractivity contribution in [2.45, 2.75) is 25.3 Å². The number of fused-ring (bicyclic) bond motifs is 1. The van der Waals surface area contributed by atoms with Gasteiger partial charge in [-0.15, -0.1) is 0 Å². The van der Waals surface area contributed by atoms with Crippen LogP contribution in [-0.4, -0.2) is 24.5 Å². The number of carbonyl (C=O) groups excluding carboxylic acids is 1. The van der Waals surface area contributed by atoms with Crippen molar-refractivity contribution in [3.63, 3.8) is 0 Å². The smallest absolute Gasteiger partial charge is 0.314 e. The lowest BCUT2D eigenvalue weighted by Crippen LogP contribution is -2.34. The highest BCUT2D eigenvalue weighted by atomic mass is 16.6. The minimum atomic E-state index is -0.562. The Kier molecular flexibility index (Phi) is 5.36. The van der Waals surface area contributed by atoms with Gasteiger partial charge in [0, 0.05) is 0 Å². The standard InChI is InChI=1S/C19H20N2O5/c1-25-14-9-10-18(17(11-14)21(23)24)26-12-19(22)20-16-8-4-6-13-5-2-3-7-15(13)16/h2-3,5,7,9-11,16H,4,6,8,12H2,1H3,(H,20,22). The topological polar surface area (TPSA) is 90.7 Å². The van der Waals surface area contributed by atoms with Gasteiger partial charge in [0.25, 0.3) is 5.91 Å². The van der Waals surface area contributed by atoms with Gasteiger partial charge in [0.1, 0.15) is 5.75 Å². The Morgan fingerprint density at radius 2 is 2.12 bits per heavy atom. The number of rotatable bonds is 6. The molecule has 0 aromatic heterocycles. The van der Waals surface area contributed by atoms with E-state index in [1.165, 1.54) is 24.8 Å². The number of methoxy groups -OCH3 is 1. The zero-order valence-corrected chi connectivity index (χ0v) is 14.4. The lowest BCUT2D eigenvalue weighted by atomic mass is 9.88. The van der Waals surface area contributed by atoms with Crippen molar-refractivity contribution in [1.82, 2.24) is 5.32 Å². The molecule has 2 aromatic rings. The summed E-state index contributed by atoms with van der Waals surface area (Å²) < 4.78 is 10.4. The second-order valence-corrected chi connectivity index (χ2v) is 6.09. The van der Waals surface area contributed by atoms with Gasteiger partial charge in [-0.05, 0) is 42.5 Å². The molecule has 7 heteroatoms. The number of aryl methyl sites for hydroxylation is 1. The molecule has 136 valence electrons. The van der Waals surface area contributed by atoms with Crippen molar-refractivity contribution >= 4 is 11.6 Å². The summed E-state index contributed by atoms with van der Waals surface area (Å²) in [5, 5.41) is 14.1. The van der Waals surface area contributed by atoms with Crippen molar-refractivity contribution in [2.75, 3.05) is 13.7 Å². The number of nitrogens with one attached hydrogen (secondary N) is 1. The van der Waals surface area contributed by atoms with Gasteiger partial charge in [0.2, 0.25) is 0 Å². The Labute approximate surface area is 151 Å². The minimum Gasteiger partial charge on any atom is -0.496 e. The third kappa shape index (κ3) is 3.93. The van der Waals surface area contributed by atoms with E-state index in [9.17, 15) is 14.9 Å². The molecule has 0 aliphatic heterocycles. The number of nitro benzene ring substituents is 1. The van der Waals surface area contributed by atoms with Crippen LogP contribution in [0, 0.1) is 10.1 Å². The van der Waals surface area contributed by atoms with Crippen LogP contribution >= 0.6 is 0 Å². The summed E-state index contributed by atoms with van der Waals surface area (Å²) in [7, 11) is 1.43. The predicted molar refractivity (Wildman–Crippen MR) is 95.4 cm³/mol. The average molecular weight is 356 g/mol. The number of nitro groups is 1. The number of carbonyl (C=O) groups is 1. The Bertz CT molecular complexity index is 821. The maximum absolute atomic E-state index is 12.3. The summed E-state index contributed by atoms with van der Waals surface area (Å²) in [4.78, 5) is 22.9. The summed E-state index contributed by atoms with van der Waals surface area (Å²) in [6.07, 6.45) is 2.88. The first-order valence-corrected chi connectivity index (χ1v) is 8.41. The SMILES string of the molecule is COc1ccc(OCC(=O)NC2CCCc3ccccc32)c([N+](=O)[O-])c1. The second-order valence-electron chi connectivity index (χ2n) is 6.09. The number of amides is 1. The van der Waals surface area contributed by atoms with E-state index in [0.717, 1.165) is 24.8 Å². The normalized spacial score (nSPS) is 15.7. The van der Waals surface area contributed by atoms with E-state index >= 15 is 0 Å². The molecule has 0 heterocycles. The van der Waals surface area contributed by atoms with Crippen LogP contribution < -0.4 is 14.8 Å². The van der Waals surface area contributed by atoms with Gasteiger partial charge in [-0.25, -0.2) is 0 Å². The molecule has 0 saturated carbocycles. The molecule has 3 rings (SSSR count). The zero-order chi connectivity index (χ0) is 18.5. The maximum atomic E-state index is 12.3. The first kappa shape index (κ1) is 17.7. The highest BCUT2D eigenvalue weighted by molar-refractivity contribution is 5.78. The quantitative estimate of drug-likeness (QED) is 0.634. The van der Waals surface area contributed by atoms with Gasteiger partial charge in [0.15, 0.2) is 12.4 Å². The monoisotopic (exact) mass is 356 g/mol. The van der Waals surface area contributed by atoms with Crippen molar-refractivity contribution in [3.8, 4) is 11.5 Å². The highest BCUT2D eigenvalue weighted by Gasteiger charge is 2.22. The summed E-state index contributed by atoms with van der Waals surface area (Å²) >= 11 is 0. The fourth-order valence-electron chi connectivity index (χ4n) is 3.17. The molecule has 1 unspecified atom stereocenters. The van der Waals surface area contributed by atoms with Crippen LogP contribution in [0.5, 0.6) is 11.5 Å². The van der Waals surface area contributed by atoms with Crippen molar-refractivity contribution < 1.29 is 19.2 Å². The summed E-state index contributed by atoms with van der Waals surface area (Å²) in [6.45, 7) is -0.286. The first-order valence-electron chi connectivity index (χ1n) is 8.41. The number of benzene rings is 2. The second kappa shape index (κ2) is 7.86. The molecule has 0 spiro atoms. The molecule has 1 aliphatic carbocycles. The fourth-order valence-corrected chi connectivity index (χ4v) is 3.17. The number of ether oxygens (including phenoxy) is 2. The Morgan fingerprint density at radius 1 is 1.31 bits per heavy atom. The van der Waals surface area contributed by atoms with E-state index in [2.05, 4.69) is 11.4 Å². The summed E-state index contributed by atoms with van der Waals surface area (Å²) in [5.74, 6) is 0.0825. The van der Waals surface area contributed by atoms with E-state index in [0.29, 0.717) is 5.75 Å². The Balaban J connectivity index is 1.64. The van der Waals surface area contributed by atoms with E-state index < -0.39 is 4.92 Å². The molecule has 1 aliphatic rings. The van der Waals surface area contributed by atoms with Crippen LogP contribution in [0.2, 0.25) is 0 Å². The molecule has 1 atom stereocenters. The van der Waals surface area contributed by atoms with Crippen molar-refractivity contribution in [2.24, 2.45) is 0 Å². The van der Waals surface area contributed by atoms with Gasteiger partial charge < -0.3 is 14.8 Å². The molecular weight excluding hydrogens is 336 g/mol. The summed E-state index contributed by atoms with van der Waals surface area (Å²) in [6, 6.07) is 12.2. The van der Waals surface area contributed by atoms with Gasteiger partial charge >= 0.3 is 5.69 Å². The predicted octanol–water partition coefficient (Wildman–Crippen LogP) is 3.18. The Morgan fingerprint density at radius 3 is 2.88 bits per heavy atom. The molecule has 7 nitrogen and oxygen atoms in total. The molecule has 0 fully saturated rings. The van der Waals surface area contributed by atoms with Gasteiger partial charge in [-0.2, -0.15) is 0 Å². The molecule has 0 bridgehead atoms. The Hall–Kier alpha value is -3.09. The van der Waals surface area contributed by atoms with E-state index in [-0.39, 0.29) is 30.0 Å². The highest BCUT2D eigenvalue weighted by Crippen LogP contribution is 2.31. The number of hydrogen-bond donors (Lipinski definition) is 1. The van der Waals surface area contributed by atoms with E-state index in [1.54, 1.807) is 6.07 Å². The van der Waals surface area contributed by atoms with E-state index in [4.69, 9.17) is 9.47 Å². The summed E-state index contributed by atoms with van der Waals surface area (Å²) in [5.41, 5.74) is 2.14. The number of nitrogens with zero attached hydrogens (tertiary/aromatic N) is 1. The minimum absolute atomic E-state index is 0.0370. The maximum Gasteiger partial charge on any atom is 0.314 e. The molecule has 1 amide bonds. The van der Waals surface area contributed by atoms with Crippen molar-refractivity contribution in [1.29, 1.82) is 0 Å². The van der Waals surface area contributed by atoms with Crippen LogP contribution in [0.4, 0.5) is 5.69 Å². The van der Waals surface area contributed by atoms with E-state index in [1.807, 2.05) is 18.2 Å². The molecule has 0 saturated heterocycles. The third-order valence-corrected chi connectivity index (χ3v) is 4.43. The lowest BCUT2D eigenvalue weighted by Gasteiger charge is -2.26. The van der Waals surface area contributed by atoms with Gasteiger partial charge in [-0.3, -0.25) is 14.9 Å². The van der Waals surface area contributed by atoms with Crippen LogP contribution in [0.3, 0.4) is 0 Å². The first-order chi connectivity index (χ1) is 12.6.